The SMILES string of the molecule is Cc1ccccc1N1CCN(S(=O)(=O)c2cccc3nsnc23)CC1. The number of para-hydroxylation sites is 1. The molecule has 0 atom stereocenters. The number of piperazine rings is 1. The van der Waals surface area contributed by atoms with E-state index in [0.29, 0.717) is 37.2 Å². The summed E-state index contributed by atoms with van der Waals surface area (Å²) in [6.07, 6.45) is 0. The number of anilines is 1. The molecule has 2 heterocycles. The van der Waals surface area contributed by atoms with Gasteiger partial charge in [0.15, 0.2) is 0 Å². The molecule has 4 rings (SSSR count). The molecule has 0 aliphatic carbocycles. The van der Waals surface area contributed by atoms with Crippen molar-refractivity contribution >= 4 is 38.5 Å². The predicted octanol–water partition coefficient (Wildman–Crippen LogP) is 2.51. The van der Waals surface area contributed by atoms with Gasteiger partial charge in [0.1, 0.15) is 15.9 Å². The summed E-state index contributed by atoms with van der Waals surface area (Å²) >= 11 is 1.04. The van der Waals surface area contributed by atoms with E-state index in [-0.39, 0.29) is 4.90 Å². The Morgan fingerprint density at radius 2 is 1.72 bits per heavy atom. The zero-order valence-corrected chi connectivity index (χ0v) is 15.4. The largest absolute Gasteiger partial charge is 0.369 e. The lowest BCUT2D eigenvalue weighted by molar-refractivity contribution is 0.385. The fourth-order valence-electron chi connectivity index (χ4n) is 3.22. The number of hydrogen-bond acceptors (Lipinski definition) is 6. The van der Waals surface area contributed by atoms with Crippen LogP contribution in [0.1, 0.15) is 5.56 Å². The summed E-state index contributed by atoms with van der Waals surface area (Å²) in [4.78, 5) is 2.50. The minimum atomic E-state index is -3.56. The van der Waals surface area contributed by atoms with E-state index >= 15 is 0 Å². The van der Waals surface area contributed by atoms with Crippen molar-refractivity contribution in [3.63, 3.8) is 0 Å². The Kier molecular flexibility index (Phi) is 4.18. The number of fused-ring (bicyclic) bond motifs is 1. The number of nitrogens with zero attached hydrogens (tertiary/aromatic N) is 4. The second kappa shape index (κ2) is 6.36. The van der Waals surface area contributed by atoms with Gasteiger partial charge in [-0.3, -0.25) is 0 Å². The Bertz CT molecular complexity index is 1010. The highest BCUT2D eigenvalue weighted by atomic mass is 32.2. The van der Waals surface area contributed by atoms with Crippen LogP contribution < -0.4 is 4.90 Å². The van der Waals surface area contributed by atoms with Gasteiger partial charge < -0.3 is 4.90 Å². The van der Waals surface area contributed by atoms with Crippen molar-refractivity contribution in [3.05, 3.63) is 48.0 Å². The van der Waals surface area contributed by atoms with Crippen molar-refractivity contribution in [2.75, 3.05) is 31.1 Å². The van der Waals surface area contributed by atoms with Gasteiger partial charge in [-0.1, -0.05) is 24.3 Å². The Morgan fingerprint density at radius 1 is 0.960 bits per heavy atom. The lowest BCUT2D eigenvalue weighted by Gasteiger charge is -2.36. The minimum Gasteiger partial charge on any atom is -0.369 e. The fourth-order valence-corrected chi connectivity index (χ4v) is 5.39. The normalized spacial score (nSPS) is 16.4. The van der Waals surface area contributed by atoms with E-state index < -0.39 is 10.0 Å². The summed E-state index contributed by atoms with van der Waals surface area (Å²) in [5.41, 5.74) is 3.47. The van der Waals surface area contributed by atoms with E-state index in [1.54, 1.807) is 22.5 Å². The van der Waals surface area contributed by atoms with Crippen LogP contribution in [0.15, 0.2) is 47.4 Å². The minimum absolute atomic E-state index is 0.253. The van der Waals surface area contributed by atoms with Crippen molar-refractivity contribution in [2.24, 2.45) is 0 Å². The Balaban J connectivity index is 1.58. The van der Waals surface area contributed by atoms with Crippen LogP contribution >= 0.6 is 11.7 Å². The molecule has 1 aliphatic rings. The molecule has 130 valence electrons. The van der Waals surface area contributed by atoms with Gasteiger partial charge in [0, 0.05) is 31.9 Å². The highest BCUT2D eigenvalue weighted by molar-refractivity contribution is 7.89. The lowest BCUT2D eigenvalue weighted by Crippen LogP contribution is -2.48. The number of aromatic nitrogens is 2. The molecule has 25 heavy (non-hydrogen) atoms. The van der Waals surface area contributed by atoms with Crippen molar-refractivity contribution in [1.29, 1.82) is 0 Å². The average Bonchev–Trinajstić information content (AvgIpc) is 3.11. The van der Waals surface area contributed by atoms with E-state index in [1.165, 1.54) is 11.3 Å². The molecule has 0 N–H and O–H groups in total. The Labute approximate surface area is 151 Å². The number of benzene rings is 2. The molecule has 6 nitrogen and oxygen atoms in total. The van der Waals surface area contributed by atoms with Gasteiger partial charge in [0.05, 0.1) is 11.7 Å². The van der Waals surface area contributed by atoms with Gasteiger partial charge >= 0.3 is 0 Å². The van der Waals surface area contributed by atoms with Crippen LogP contribution in [0.2, 0.25) is 0 Å². The van der Waals surface area contributed by atoms with Crippen molar-refractivity contribution < 1.29 is 8.42 Å². The van der Waals surface area contributed by atoms with E-state index in [4.69, 9.17) is 0 Å². The molecule has 0 bridgehead atoms. The standard InChI is InChI=1S/C17H18N4O2S2/c1-13-5-2-3-7-15(13)20-9-11-21(12-10-20)25(22,23)16-8-4-6-14-17(16)19-24-18-14/h2-8H,9-12H2,1H3. The third-order valence-corrected chi connectivity index (χ3v) is 7.03. The van der Waals surface area contributed by atoms with Gasteiger partial charge in [0.2, 0.25) is 10.0 Å². The molecule has 1 saturated heterocycles. The third kappa shape index (κ3) is 2.90. The zero-order valence-electron chi connectivity index (χ0n) is 13.8. The van der Waals surface area contributed by atoms with Crippen molar-refractivity contribution in [2.45, 2.75) is 11.8 Å². The molecule has 1 fully saturated rings. The highest BCUT2D eigenvalue weighted by Gasteiger charge is 2.30. The maximum Gasteiger partial charge on any atom is 0.245 e. The van der Waals surface area contributed by atoms with Crippen LogP contribution in [0.5, 0.6) is 0 Å². The van der Waals surface area contributed by atoms with Crippen LogP contribution in [0.25, 0.3) is 11.0 Å². The molecule has 0 spiro atoms. The molecule has 0 amide bonds. The highest BCUT2D eigenvalue weighted by Crippen LogP contribution is 2.27. The molecule has 8 heteroatoms. The number of aryl methyl sites for hydroxylation is 1. The van der Waals surface area contributed by atoms with Crippen molar-refractivity contribution in [1.82, 2.24) is 13.1 Å². The molecule has 1 aromatic heterocycles. The Morgan fingerprint density at radius 3 is 2.48 bits per heavy atom. The van der Waals surface area contributed by atoms with Gasteiger partial charge in [-0.25, -0.2) is 8.42 Å². The van der Waals surface area contributed by atoms with Gasteiger partial charge in [-0.05, 0) is 30.7 Å². The van der Waals surface area contributed by atoms with Crippen molar-refractivity contribution in [3.8, 4) is 0 Å². The maximum atomic E-state index is 13.1. The van der Waals surface area contributed by atoms with Gasteiger partial charge in [0.25, 0.3) is 0 Å². The smallest absolute Gasteiger partial charge is 0.245 e. The van der Waals surface area contributed by atoms with Crippen LogP contribution in [-0.2, 0) is 10.0 Å². The molecular formula is C17H18N4O2S2. The summed E-state index contributed by atoms with van der Waals surface area (Å²) in [6.45, 7) is 4.36. The molecule has 0 saturated carbocycles. The quantitative estimate of drug-likeness (QED) is 0.705. The first kappa shape index (κ1) is 16.4. The molecule has 3 aromatic rings. The third-order valence-electron chi connectivity index (χ3n) is 4.56. The van der Waals surface area contributed by atoms with Gasteiger partial charge in [-0.2, -0.15) is 13.1 Å². The van der Waals surface area contributed by atoms with Crippen LogP contribution in [0, 0.1) is 6.92 Å². The molecule has 0 unspecified atom stereocenters. The van der Waals surface area contributed by atoms with Crippen LogP contribution in [0.4, 0.5) is 5.69 Å². The zero-order chi connectivity index (χ0) is 17.4. The van der Waals surface area contributed by atoms with Crippen LogP contribution in [0.3, 0.4) is 0 Å². The van der Waals surface area contributed by atoms with E-state index in [0.717, 1.165) is 11.7 Å². The number of rotatable bonds is 3. The first-order chi connectivity index (χ1) is 12.1. The number of sulfonamides is 1. The number of hydrogen-bond donors (Lipinski definition) is 0. The average molecular weight is 374 g/mol. The summed E-state index contributed by atoms with van der Waals surface area (Å²) < 4.78 is 36.0. The summed E-state index contributed by atoms with van der Waals surface area (Å²) in [6, 6.07) is 13.3. The van der Waals surface area contributed by atoms with E-state index in [2.05, 4.69) is 32.7 Å². The molecule has 0 radical (unpaired) electrons. The maximum absolute atomic E-state index is 13.1. The second-order valence-electron chi connectivity index (χ2n) is 6.07. The summed E-state index contributed by atoms with van der Waals surface area (Å²) in [5, 5.41) is 0. The lowest BCUT2D eigenvalue weighted by atomic mass is 10.1. The molecule has 2 aromatic carbocycles. The molecule has 1 aliphatic heterocycles. The fraction of sp³-hybridized carbons (Fsp3) is 0.294. The van der Waals surface area contributed by atoms with E-state index in [1.807, 2.05) is 12.1 Å². The first-order valence-corrected chi connectivity index (χ1v) is 10.3. The molecular weight excluding hydrogens is 356 g/mol. The topological polar surface area (TPSA) is 66.4 Å². The monoisotopic (exact) mass is 374 g/mol. The van der Waals surface area contributed by atoms with Gasteiger partial charge in [-0.15, -0.1) is 0 Å². The summed E-state index contributed by atoms with van der Waals surface area (Å²) in [7, 11) is -3.56. The summed E-state index contributed by atoms with van der Waals surface area (Å²) in [5.74, 6) is 0. The predicted molar refractivity (Wildman–Crippen MR) is 99.6 cm³/mol. The van der Waals surface area contributed by atoms with Crippen LogP contribution in [-0.4, -0.2) is 47.6 Å². The van der Waals surface area contributed by atoms with E-state index in [9.17, 15) is 8.42 Å². The Hall–Kier alpha value is -2.03. The second-order valence-corrected chi connectivity index (χ2v) is 8.50. The first-order valence-electron chi connectivity index (χ1n) is 8.09.